The Morgan fingerprint density at radius 3 is 2.55 bits per heavy atom. The van der Waals surface area contributed by atoms with E-state index in [1.807, 2.05) is 57.2 Å². The fourth-order valence-electron chi connectivity index (χ4n) is 4.16. The molecule has 0 saturated carbocycles. The molecule has 5 aromatic rings. The molecule has 3 aromatic heterocycles. The van der Waals surface area contributed by atoms with E-state index in [1.54, 1.807) is 23.0 Å². The summed E-state index contributed by atoms with van der Waals surface area (Å²) in [5, 5.41) is 1.71. The van der Waals surface area contributed by atoms with Crippen molar-refractivity contribution in [2.45, 2.75) is 20.8 Å². The van der Waals surface area contributed by atoms with Gasteiger partial charge >= 0.3 is 0 Å². The lowest BCUT2D eigenvalue weighted by atomic mass is 10.1. The second-order valence-corrected chi connectivity index (χ2v) is 7.84. The maximum atomic E-state index is 13.5. The molecule has 3 heterocycles. The van der Waals surface area contributed by atoms with Crippen LogP contribution in [0.3, 0.4) is 0 Å². The first-order valence-electron chi connectivity index (χ1n) is 10.2. The van der Waals surface area contributed by atoms with Crippen LogP contribution in [0.2, 0.25) is 0 Å². The van der Waals surface area contributed by atoms with Crippen molar-refractivity contribution >= 4 is 34.0 Å². The summed E-state index contributed by atoms with van der Waals surface area (Å²) in [7, 11) is 0. The Kier molecular flexibility index (Phi) is 4.51. The van der Waals surface area contributed by atoms with Gasteiger partial charge in [0, 0.05) is 17.3 Å². The summed E-state index contributed by atoms with van der Waals surface area (Å²) >= 11 is 0. The molecular weight excluding hydrogens is 384 g/mol. The maximum Gasteiger partial charge on any atom is 0.266 e. The molecule has 5 rings (SSSR count). The van der Waals surface area contributed by atoms with E-state index >= 15 is 0 Å². The van der Waals surface area contributed by atoms with Gasteiger partial charge in [0.25, 0.3) is 5.56 Å². The monoisotopic (exact) mass is 406 g/mol. The van der Waals surface area contributed by atoms with Crippen molar-refractivity contribution in [1.29, 1.82) is 0 Å². The highest BCUT2D eigenvalue weighted by Gasteiger charge is 2.15. The molecule has 0 fully saturated rings. The molecule has 2 aromatic carbocycles. The highest BCUT2D eigenvalue weighted by atomic mass is 16.1. The minimum Gasteiger partial charge on any atom is -0.358 e. The Morgan fingerprint density at radius 2 is 1.74 bits per heavy atom. The van der Waals surface area contributed by atoms with Crippen molar-refractivity contribution in [3.05, 3.63) is 99.5 Å². The first-order chi connectivity index (χ1) is 15.0. The van der Waals surface area contributed by atoms with Gasteiger partial charge in [0.1, 0.15) is 5.82 Å². The van der Waals surface area contributed by atoms with Crippen molar-refractivity contribution in [1.82, 2.24) is 19.5 Å². The molecule has 0 aliphatic heterocycles. The first-order valence-corrected chi connectivity index (χ1v) is 10.2. The Balaban J connectivity index is 1.78. The zero-order chi connectivity index (χ0) is 21.5. The number of rotatable bonds is 3. The van der Waals surface area contributed by atoms with Crippen LogP contribution in [0, 0.1) is 20.8 Å². The van der Waals surface area contributed by atoms with Crippen molar-refractivity contribution in [3.63, 3.8) is 0 Å². The van der Waals surface area contributed by atoms with Crippen molar-refractivity contribution < 1.29 is 0 Å². The van der Waals surface area contributed by atoms with Crippen LogP contribution < -0.4 is 5.56 Å². The number of aromatic amines is 1. The predicted molar refractivity (Wildman–Crippen MR) is 127 cm³/mol. The third-order valence-electron chi connectivity index (χ3n) is 5.60. The Bertz CT molecular complexity index is 1520. The minimum atomic E-state index is -0.0987. The zero-order valence-corrected chi connectivity index (χ0v) is 17.7. The number of benzene rings is 2. The van der Waals surface area contributed by atoms with E-state index in [-0.39, 0.29) is 5.56 Å². The Morgan fingerprint density at radius 1 is 0.968 bits per heavy atom. The van der Waals surface area contributed by atoms with Crippen LogP contribution >= 0.6 is 0 Å². The molecule has 5 nitrogen and oxygen atoms in total. The van der Waals surface area contributed by atoms with Crippen LogP contribution in [0.5, 0.6) is 0 Å². The predicted octanol–water partition coefficient (Wildman–Crippen LogP) is 5.36. The van der Waals surface area contributed by atoms with Crippen LogP contribution in [0.25, 0.3) is 39.6 Å². The Labute approximate surface area is 179 Å². The second kappa shape index (κ2) is 7.36. The third kappa shape index (κ3) is 3.24. The fraction of sp³-hybridized carbons (Fsp3) is 0.115. The molecule has 31 heavy (non-hydrogen) atoms. The van der Waals surface area contributed by atoms with Crippen LogP contribution in [0.4, 0.5) is 0 Å². The molecule has 0 bridgehead atoms. The molecule has 0 aliphatic carbocycles. The second-order valence-electron chi connectivity index (χ2n) is 7.84. The average Bonchev–Trinajstić information content (AvgIpc) is 3.14. The highest BCUT2D eigenvalue weighted by molar-refractivity contribution is 5.91. The summed E-state index contributed by atoms with van der Waals surface area (Å²) < 4.78 is 1.71. The standard InChI is InChI=1S/C26H22N4O/c1-16-6-4-7-17(2)25(16)30-23(29-22-15-27-13-12-21(22)26(30)31)11-10-19-8-5-9-20-14-18(3)28-24(19)20/h4-15,28H,1-3H3/b11-10+. The molecular formula is C26H22N4O. The van der Waals surface area contributed by atoms with Crippen molar-refractivity contribution in [2.75, 3.05) is 0 Å². The van der Waals surface area contributed by atoms with Gasteiger partial charge in [-0.25, -0.2) is 4.98 Å². The first kappa shape index (κ1) is 19.0. The number of para-hydroxylation sites is 2. The van der Waals surface area contributed by atoms with E-state index in [2.05, 4.69) is 28.2 Å². The summed E-state index contributed by atoms with van der Waals surface area (Å²) in [5.41, 5.74) is 6.62. The van der Waals surface area contributed by atoms with Crippen LogP contribution in [0.1, 0.15) is 28.2 Å². The SMILES string of the molecule is Cc1cc2cccc(/C=C/c3nc4cnccc4c(=O)n3-c3c(C)cccc3C)c2[nH]1. The van der Waals surface area contributed by atoms with E-state index < -0.39 is 0 Å². The summed E-state index contributed by atoms with van der Waals surface area (Å²) in [5.74, 6) is 0.572. The topological polar surface area (TPSA) is 63.6 Å². The average molecular weight is 406 g/mol. The van der Waals surface area contributed by atoms with Gasteiger partial charge in [-0.3, -0.25) is 14.3 Å². The smallest absolute Gasteiger partial charge is 0.266 e. The van der Waals surface area contributed by atoms with Gasteiger partial charge in [-0.2, -0.15) is 0 Å². The number of pyridine rings is 1. The minimum absolute atomic E-state index is 0.0987. The van der Waals surface area contributed by atoms with Gasteiger partial charge < -0.3 is 4.98 Å². The van der Waals surface area contributed by atoms with E-state index in [4.69, 9.17) is 4.98 Å². The highest BCUT2D eigenvalue weighted by Crippen LogP contribution is 2.23. The van der Waals surface area contributed by atoms with Gasteiger partial charge in [-0.1, -0.05) is 36.4 Å². The quantitative estimate of drug-likeness (QED) is 0.439. The molecule has 152 valence electrons. The molecule has 0 aliphatic rings. The lowest BCUT2D eigenvalue weighted by Gasteiger charge is -2.16. The van der Waals surface area contributed by atoms with Crippen LogP contribution in [-0.4, -0.2) is 19.5 Å². The fourth-order valence-corrected chi connectivity index (χ4v) is 4.16. The van der Waals surface area contributed by atoms with Gasteiger partial charge in [0.2, 0.25) is 0 Å². The molecule has 0 spiro atoms. The lowest BCUT2D eigenvalue weighted by molar-refractivity contribution is 0.923. The zero-order valence-electron chi connectivity index (χ0n) is 17.7. The summed E-state index contributed by atoms with van der Waals surface area (Å²) in [6.45, 7) is 6.08. The number of nitrogens with one attached hydrogen (secondary N) is 1. The maximum absolute atomic E-state index is 13.5. The van der Waals surface area contributed by atoms with Crippen molar-refractivity contribution in [3.8, 4) is 5.69 Å². The molecule has 0 atom stereocenters. The number of H-pyrrole nitrogens is 1. The molecule has 0 saturated heterocycles. The number of aromatic nitrogens is 4. The van der Waals surface area contributed by atoms with Gasteiger partial charge in [0.05, 0.1) is 28.3 Å². The normalized spacial score (nSPS) is 11.7. The molecule has 5 heteroatoms. The van der Waals surface area contributed by atoms with Gasteiger partial charge in [0.15, 0.2) is 0 Å². The third-order valence-corrected chi connectivity index (χ3v) is 5.60. The number of hydrogen-bond acceptors (Lipinski definition) is 3. The number of aryl methyl sites for hydroxylation is 3. The molecule has 1 N–H and O–H groups in total. The van der Waals surface area contributed by atoms with Gasteiger partial charge in [-0.15, -0.1) is 0 Å². The van der Waals surface area contributed by atoms with E-state index in [0.29, 0.717) is 16.7 Å². The van der Waals surface area contributed by atoms with Gasteiger partial charge in [-0.05, 0) is 61.7 Å². The molecule has 0 radical (unpaired) electrons. The largest absolute Gasteiger partial charge is 0.358 e. The van der Waals surface area contributed by atoms with E-state index in [0.717, 1.165) is 39.0 Å². The molecule has 0 unspecified atom stereocenters. The summed E-state index contributed by atoms with van der Waals surface area (Å²) in [4.78, 5) is 25.9. The lowest BCUT2D eigenvalue weighted by Crippen LogP contribution is -2.24. The number of nitrogens with zero attached hydrogens (tertiary/aromatic N) is 3. The molecule has 0 amide bonds. The number of fused-ring (bicyclic) bond motifs is 2. The van der Waals surface area contributed by atoms with Crippen LogP contribution in [-0.2, 0) is 0 Å². The number of hydrogen-bond donors (Lipinski definition) is 1. The summed E-state index contributed by atoms with van der Waals surface area (Å²) in [6.07, 6.45) is 7.18. The van der Waals surface area contributed by atoms with E-state index in [1.165, 1.54) is 0 Å². The summed E-state index contributed by atoms with van der Waals surface area (Å²) in [6, 6.07) is 16.1. The van der Waals surface area contributed by atoms with Crippen molar-refractivity contribution in [2.24, 2.45) is 0 Å². The Hall–Kier alpha value is -3.99. The van der Waals surface area contributed by atoms with Crippen LogP contribution in [0.15, 0.2) is 65.7 Å². The van der Waals surface area contributed by atoms with E-state index in [9.17, 15) is 4.79 Å².